The first-order valence-electron chi connectivity index (χ1n) is 6.34. The first-order chi connectivity index (χ1) is 10.5. The number of halogens is 2. The van der Waals surface area contributed by atoms with Crippen molar-refractivity contribution in [2.45, 2.75) is 4.90 Å². The van der Waals surface area contributed by atoms with Gasteiger partial charge in [0.15, 0.2) is 11.5 Å². The second-order valence-corrected chi connectivity index (χ2v) is 7.87. The van der Waals surface area contributed by atoms with Crippen LogP contribution in [0, 0.1) is 0 Å². The van der Waals surface area contributed by atoms with Crippen LogP contribution in [-0.4, -0.2) is 21.6 Å². The Morgan fingerprint density at radius 3 is 2.27 bits per heavy atom. The van der Waals surface area contributed by atoms with Gasteiger partial charge in [0.2, 0.25) is 0 Å². The minimum atomic E-state index is -3.76. The zero-order chi connectivity index (χ0) is 15.7. The molecule has 22 heavy (non-hydrogen) atoms. The summed E-state index contributed by atoms with van der Waals surface area (Å²) in [7, 11) is -3.76. The number of nitrogens with one attached hydrogen (secondary N) is 1. The third-order valence-corrected chi connectivity index (χ3v) is 6.02. The highest BCUT2D eigenvalue weighted by Crippen LogP contribution is 2.38. The van der Waals surface area contributed by atoms with Crippen LogP contribution in [0.2, 0.25) is 0 Å². The number of para-hydroxylation sites is 1. The van der Waals surface area contributed by atoms with Gasteiger partial charge in [-0.15, -0.1) is 0 Å². The maximum absolute atomic E-state index is 12.6. The van der Waals surface area contributed by atoms with Crippen LogP contribution in [0.5, 0.6) is 11.5 Å². The summed E-state index contributed by atoms with van der Waals surface area (Å²) in [6.45, 7) is 0.840. The standard InChI is InChI=1S/C14H11Br2NO4S/c15-9-3-1-2-4-11(9)17-22(18,19)14-8-13-12(7-10(14)16)20-5-6-21-13/h1-4,7-8,17H,5-6H2. The Hall–Kier alpha value is -1.25. The van der Waals surface area contributed by atoms with Gasteiger partial charge < -0.3 is 9.47 Å². The van der Waals surface area contributed by atoms with E-state index < -0.39 is 10.0 Å². The van der Waals surface area contributed by atoms with E-state index in [9.17, 15) is 8.42 Å². The number of anilines is 1. The van der Waals surface area contributed by atoms with E-state index in [0.29, 0.717) is 39.3 Å². The molecule has 0 saturated heterocycles. The molecule has 2 aromatic carbocycles. The summed E-state index contributed by atoms with van der Waals surface area (Å²) in [6.07, 6.45) is 0. The van der Waals surface area contributed by atoms with E-state index in [-0.39, 0.29) is 4.90 Å². The molecule has 0 radical (unpaired) electrons. The Labute approximate surface area is 144 Å². The molecular formula is C14H11Br2NO4S. The van der Waals surface area contributed by atoms with E-state index in [2.05, 4.69) is 36.6 Å². The molecule has 1 aliphatic rings. The van der Waals surface area contributed by atoms with Crippen molar-refractivity contribution >= 4 is 47.6 Å². The average Bonchev–Trinajstić information content (AvgIpc) is 2.48. The van der Waals surface area contributed by atoms with Crippen LogP contribution < -0.4 is 14.2 Å². The first kappa shape index (κ1) is 15.6. The Kier molecular flexibility index (Phi) is 4.33. The zero-order valence-electron chi connectivity index (χ0n) is 11.2. The van der Waals surface area contributed by atoms with Gasteiger partial charge in [0.1, 0.15) is 18.1 Å². The van der Waals surface area contributed by atoms with Gasteiger partial charge in [0.05, 0.1) is 5.69 Å². The van der Waals surface area contributed by atoms with Crippen molar-refractivity contribution in [2.24, 2.45) is 0 Å². The fraction of sp³-hybridized carbons (Fsp3) is 0.143. The van der Waals surface area contributed by atoms with Crippen molar-refractivity contribution in [1.29, 1.82) is 0 Å². The molecular weight excluding hydrogens is 438 g/mol. The largest absolute Gasteiger partial charge is 0.486 e. The molecule has 0 aliphatic carbocycles. The predicted octanol–water partition coefficient (Wildman–Crippen LogP) is 3.78. The Bertz CT molecular complexity index is 824. The van der Waals surface area contributed by atoms with Crippen molar-refractivity contribution in [3.8, 4) is 11.5 Å². The highest BCUT2D eigenvalue weighted by molar-refractivity contribution is 9.11. The van der Waals surface area contributed by atoms with Crippen LogP contribution in [-0.2, 0) is 10.0 Å². The SMILES string of the molecule is O=S(=O)(Nc1ccccc1Br)c1cc2c(cc1Br)OCCO2. The van der Waals surface area contributed by atoms with Gasteiger partial charge in [-0.05, 0) is 50.1 Å². The Balaban J connectivity index is 2.00. The van der Waals surface area contributed by atoms with Crippen LogP contribution in [0.3, 0.4) is 0 Å². The smallest absolute Gasteiger partial charge is 0.263 e. The number of fused-ring (bicyclic) bond motifs is 1. The lowest BCUT2D eigenvalue weighted by Gasteiger charge is -2.20. The molecule has 0 unspecified atom stereocenters. The van der Waals surface area contributed by atoms with E-state index in [0.717, 1.165) is 0 Å². The van der Waals surface area contributed by atoms with Crippen LogP contribution in [0.1, 0.15) is 0 Å². The predicted molar refractivity (Wildman–Crippen MR) is 90.1 cm³/mol. The molecule has 0 atom stereocenters. The third kappa shape index (κ3) is 3.09. The quantitative estimate of drug-likeness (QED) is 0.775. The second-order valence-electron chi connectivity index (χ2n) is 4.51. The molecule has 2 aromatic rings. The zero-order valence-corrected chi connectivity index (χ0v) is 15.2. The lowest BCUT2D eigenvalue weighted by Crippen LogP contribution is -2.18. The summed E-state index contributed by atoms with van der Waals surface area (Å²) in [4.78, 5) is 0.0903. The topological polar surface area (TPSA) is 64.6 Å². The normalized spacial score (nSPS) is 13.7. The molecule has 1 aliphatic heterocycles. The van der Waals surface area contributed by atoms with E-state index >= 15 is 0 Å². The van der Waals surface area contributed by atoms with E-state index in [1.54, 1.807) is 24.3 Å². The molecule has 3 rings (SSSR count). The molecule has 5 nitrogen and oxygen atoms in total. The van der Waals surface area contributed by atoms with Crippen LogP contribution in [0.25, 0.3) is 0 Å². The molecule has 0 saturated carbocycles. The van der Waals surface area contributed by atoms with E-state index in [1.807, 2.05) is 6.07 Å². The summed E-state index contributed by atoms with van der Waals surface area (Å²) in [5, 5.41) is 0. The van der Waals surface area contributed by atoms with Gasteiger partial charge in [0, 0.05) is 15.0 Å². The summed E-state index contributed by atoms with van der Waals surface area (Å²) < 4.78 is 39.7. The minimum absolute atomic E-state index is 0.0903. The first-order valence-corrected chi connectivity index (χ1v) is 9.41. The molecule has 0 spiro atoms. The van der Waals surface area contributed by atoms with Gasteiger partial charge in [-0.25, -0.2) is 8.42 Å². The summed E-state index contributed by atoms with van der Waals surface area (Å²) in [5.74, 6) is 0.944. The third-order valence-electron chi connectivity index (χ3n) is 3.00. The molecule has 0 aromatic heterocycles. The maximum atomic E-state index is 12.6. The fourth-order valence-corrected chi connectivity index (χ4v) is 4.63. The van der Waals surface area contributed by atoms with Gasteiger partial charge >= 0.3 is 0 Å². The Morgan fingerprint density at radius 2 is 1.59 bits per heavy atom. The highest BCUT2D eigenvalue weighted by atomic mass is 79.9. The molecule has 0 bridgehead atoms. The van der Waals surface area contributed by atoms with E-state index in [4.69, 9.17) is 9.47 Å². The van der Waals surface area contributed by atoms with Gasteiger partial charge in [0.25, 0.3) is 10.0 Å². The van der Waals surface area contributed by atoms with Gasteiger partial charge in [-0.1, -0.05) is 12.1 Å². The lowest BCUT2D eigenvalue weighted by molar-refractivity contribution is 0.171. The summed E-state index contributed by atoms with van der Waals surface area (Å²) >= 11 is 6.59. The van der Waals surface area contributed by atoms with Gasteiger partial charge in [-0.2, -0.15) is 0 Å². The number of rotatable bonds is 3. The van der Waals surface area contributed by atoms with Crippen molar-refractivity contribution < 1.29 is 17.9 Å². The van der Waals surface area contributed by atoms with Crippen LogP contribution >= 0.6 is 31.9 Å². The molecule has 0 fully saturated rings. The lowest BCUT2D eigenvalue weighted by atomic mass is 10.3. The summed E-state index contributed by atoms with van der Waals surface area (Å²) in [6, 6.07) is 10.1. The molecule has 1 N–H and O–H groups in total. The molecule has 8 heteroatoms. The second kappa shape index (κ2) is 6.10. The summed E-state index contributed by atoms with van der Waals surface area (Å²) in [5.41, 5.74) is 0.462. The maximum Gasteiger partial charge on any atom is 0.263 e. The number of benzene rings is 2. The monoisotopic (exact) mass is 447 g/mol. The average molecular weight is 449 g/mol. The van der Waals surface area contributed by atoms with Crippen molar-refractivity contribution in [1.82, 2.24) is 0 Å². The van der Waals surface area contributed by atoms with Gasteiger partial charge in [-0.3, -0.25) is 4.72 Å². The minimum Gasteiger partial charge on any atom is -0.486 e. The molecule has 116 valence electrons. The van der Waals surface area contributed by atoms with Crippen molar-refractivity contribution in [3.63, 3.8) is 0 Å². The number of sulfonamides is 1. The fourth-order valence-electron chi connectivity index (χ4n) is 1.99. The van der Waals surface area contributed by atoms with Crippen LogP contribution in [0.4, 0.5) is 5.69 Å². The Morgan fingerprint density at radius 1 is 0.955 bits per heavy atom. The number of hydrogen-bond donors (Lipinski definition) is 1. The van der Waals surface area contributed by atoms with Crippen molar-refractivity contribution in [3.05, 3.63) is 45.3 Å². The molecule has 1 heterocycles. The number of hydrogen-bond acceptors (Lipinski definition) is 4. The van der Waals surface area contributed by atoms with Crippen LogP contribution in [0.15, 0.2) is 50.2 Å². The number of ether oxygens (including phenoxy) is 2. The highest BCUT2D eigenvalue weighted by Gasteiger charge is 2.23. The molecule has 0 amide bonds. The van der Waals surface area contributed by atoms with Crippen molar-refractivity contribution in [2.75, 3.05) is 17.9 Å². The van der Waals surface area contributed by atoms with E-state index in [1.165, 1.54) is 6.07 Å².